The molecule has 0 aliphatic heterocycles. The average Bonchev–Trinajstić information content (AvgIpc) is 3.02. The molecule has 1 unspecified atom stereocenters. The van der Waals surface area contributed by atoms with Crippen LogP contribution in [0.3, 0.4) is 0 Å². The molecule has 1 atom stereocenters. The van der Waals surface area contributed by atoms with Crippen LogP contribution in [0, 0.1) is 5.92 Å². The van der Waals surface area contributed by atoms with Crippen LogP contribution in [0.5, 0.6) is 0 Å². The number of thiophene rings is 1. The Morgan fingerprint density at radius 2 is 2.06 bits per heavy atom. The molecule has 2 rings (SSSR count). The molecule has 1 saturated carbocycles. The zero-order valence-corrected chi connectivity index (χ0v) is 10.1. The van der Waals surface area contributed by atoms with E-state index < -0.39 is 5.91 Å². The molecule has 17 heavy (non-hydrogen) atoms. The molecular weight excluding hydrogens is 238 g/mol. The highest BCUT2D eigenvalue weighted by Gasteiger charge is 2.28. The number of rotatable bonds is 5. The average molecular weight is 253 g/mol. The van der Waals surface area contributed by atoms with Crippen LogP contribution in [0.15, 0.2) is 12.1 Å². The van der Waals surface area contributed by atoms with E-state index in [1.807, 2.05) is 0 Å². The molecule has 0 saturated heterocycles. The molecule has 1 aliphatic rings. The van der Waals surface area contributed by atoms with Crippen LogP contribution < -0.4 is 16.8 Å². The quantitative estimate of drug-likeness (QED) is 0.704. The van der Waals surface area contributed by atoms with Gasteiger partial charge in [0.2, 0.25) is 0 Å². The van der Waals surface area contributed by atoms with Gasteiger partial charge in [0.25, 0.3) is 11.8 Å². The summed E-state index contributed by atoms with van der Waals surface area (Å²) < 4.78 is 0. The maximum Gasteiger partial charge on any atom is 0.261 e. The van der Waals surface area contributed by atoms with Gasteiger partial charge >= 0.3 is 0 Å². The van der Waals surface area contributed by atoms with Crippen molar-refractivity contribution < 1.29 is 9.59 Å². The van der Waals surface area contributed by atoms with Crippen LogP contribution >= 0.6 is 11.3 Å². The fourth-order valence-electron chi connectivity index (χ4n) is 1.58. The molecular formula is C11H15N3O2S. The standard InChI is InChI=1S/C11H15N3O2S/c12-7(6-1-2-6)5-14-11(16)9-4-3-8(17-9)10(13)15/h3-4,6-7H,1-2,5,12H2,(H2,13,15)(H,14,16). The number of hydrogen-bond acceptors (Lipinski definition) is 4. The lowest BCUT2D eigenvalue weighted by molar-refractivity contribution is 0.0953. The molecule has 1 aromatic heterocycles. The van der Waals surface area contributed by atoms with Crippen LogP contribution in [0.4, 0.5) is 0 Å². The molecule has 0 radical (unpaired) electrons. The maximum atomic E-state index is 11.7. The second kappa shape index (κ2) is 4.85. The summed E-state index contributed by atoms with van der Waals surface area (Å²) in [6.07, 6.45) is 2.31. The number of amides is 2. The second-order valence-electron chi connectivity index (χ2n) is 4.24. The van der Waals surface area contributed by atoms with E-state index in [1.54, 1.807) is 12.1 Å². The Labute approximate surface area is 103 Å². The number of primary amides is 1. The molecule has 6 heteroatoms. The summed E-state index contributed by atoms with van der Waals surface area (Å²) in [7, 11) is 0. The van der Waals surface area contributed by atoms with Gasteiger partial charge in [0.1, 0.15) is 0 Å². The highest BCUT2D eigenvalue weighted by molar-refractivity contribution is 7.15. The fraction of sp³-hybridized carbons (Fsp3) is 0.455. The largest absolute Gasteiger partial charge is 0.365 e. The van der Waals surface area contributed by atoms with E-state index in [0.717, 1.165) is 24.2 Å². The first kappa shape index (κ1) is 12.1. The molecule has 2 amide bonds. The van der Waals surface area contributed by atoms with Gasteiger partial charge in [-0.05, 0) is 30.9 Å². The van der Waals surface area contributed by atoms with Crippen LogP contribution in [0.1, 0.15) is 32.2 Å². The number of carbonyl (C=O) groups is 2. The van der Waals surface area contributed by atoms with Crippen LogP contribution in [-0.4, -0.2) is 24.4 Å². The van der Waals surface area contributed by atoms with E-state index >= 15 is 0 Å². The summed E-state index contributed by atoms with van der Waals surface area (Å²) >= 11 is 1.10. The van der Waals surface area contributed by atoms with Gasteiger partial charge in [-0.1, -0.05) is 0 Å². The van der Waals surface area contributed by atoms with Gasteiger partial charge in [-0.2, -0.15) is 0 Å². The first-order valence-corrected chi connectivity index (χ1v) is 6.33. The van der Waals surface area contributed by atoms with Crippen molar-refractivity contribution in [1.29, 1.82) is 0 Å². The van der Waals surface area contributed by atoms with Crippen molar-refractivity contribution in [2.45, 2.75) is 18.9 Å². The van der Waals surface area contributed by atoms with E-state index in [9.17, 15) is 9.59 Å². The monoisotopic (exact) mass is 253 g/mol. The molecule has 5 nitrogen and oxygen atoms in total. The number of nitrogens with one attached hydrogen (secondary N) is 1. The van der Waals surface area contributed by atoms with Gasteiger partial charge in [0.05, 0.1) is 9.75 Å². The van der Waals surface area contributed by atoms with Gasteiger partial charge in [0.15, 0.2) is 0 Å². The Morgan fingerprint density at radius 3 is 2.59 bits per heavy atom. The highest BCUT2D eigenvalue weighted by Crippen LogP contribution is 2.31. The summed E-state index contributed by atoms with van der Waals surface area (Å²) in [6.45, 7) is 0.479. The number of nitrogens with two attached hydrogens (primary N) is 2. The minimum atomic E-state index is -0.510. The molecule has 1 fully saturated rings. The smallest absolute Gasteiger partial charge is 0.261 e. The molecule has 1 heterocycles. The topological polar surface area (TPSA) is 98.2 Å². The third kappa shape index (κ3) is 3.04. The lowest BCUT2D eigenvalue weighted by Crippen LogP contribution is -2.38. The van der Waals surface area contributed by atoms with Crippen LogP contribution in [0.25, 0.3) is 0 Å². The summed E-state index contributed by atoms with van der Waals surface area (Å²) in [6, 6.07) is 3.19. The second-order valence-corrected chi connectivity index (χ2v) is 5.32. The molecule has 1 aromatic rings. The van der Waals surface area contributed by atoms with Gasteiger partial charge in [-0.15, -0.1) is 11.3 Å². The Morgan fingerprint density at radius 1 is 1.41 bits per heavy atom. The SMILES string of the molecule is NC(=O)c1ccc(C(=O)NCC(N)C2CC2)s1. The van der Waals surface area contributed by atoms with Crippen molar-refractivity contribution in [1.82, 2.24) is 5.32 Å². The van der Waals surface area contributed by atoms with Crippen LogP contribution in [-0.2, 0) is 0 Å². The third-order valence-electron chi connectivity index (χ3n) is 2.80. The summed E-state index contributed by atoms with van der Waals surface area (Å²) in [5.74, 6) is -0.151. The molecule has 92 valence electrons. The third-order valence-corrected chi connectivity index (χ3v) is 3.90. The Kier molecular flexibility index (Phi) is 3.44. The fourth-order valence-corrected chi connectivity index (χ4v) is 2.36. The van der Waals surface area contributed by atoms with E-state index in [1.165, 1.54) is 0 Å². The van der Waals surface area contributed by atoms with E-state index in [0.29, 0.717) is 22.2 Å². The van der Waals surface area contributed by atoms with Crippen LogP contribution in [0.2, 0.25) is 0 Å². The number of carbonyl (C=O) groups excluding carboxylic acids is 2. The van der Waals surface area contributed by atoms with E-state index in [-0.39, 0.29) is 11.9 Å². The predicted molar refractivity (Wildman–Crippen MR) is 65.9 cm³/mol. The first-order valence-electron chi connectivity index (χ1n) is 5.51. The minimum absolute atomic E-state index is 0.0366. The van der Waals surface area contributed by atoms with Crippen molar-refractivity contribution in [2.24, 2.45) is 17.4 Å². The Bertz CT molecular complexity index is 440. The predicted octanol–water partition coefficient (Wildman–Crippen LogP) is 0.314. The zero-order chi connectivity index (χ0) is 12.4. The van der Waals surface area contributed by atoms with Gasteiger partial charge in [-0.3, -0.25) is 9.59 Å². The van der Waals surface area contributed by atoms with Gasteiger partial charge in [-0.25, -0.2) is 0 Å². The minimum Gasteiger partial charge on any atom is -0.365 e. The Hall–Kier alpha value is -1.40. The van der Waals surface area contributed by atoms with Crippen molar-refractivity contribution in [3.8, 4) is 0 Å². The van der Waals surface area contributed by atoms with Crippen molar-refractivity contribution in [3.05, 3.63) is 21.9 Å². The van der Waals surface area contributed by atoms with Crippen molar-refractivity contribution in [3.63, 3.8) is 0 Å². The van der Waals surface area contributed by atoms with Gasteiger partial charge in [0, 0.05) is 12.6 Å². The van der Waals surface area contributed by atoms with Crippen molar-refractivity contribution >= 4 is 23.2 Å². The zero-order valence-electron chi connectivity index (χ0n) is 9.31. The normalized spacial score (nSPS) is 16.5. The molecule has 5 N–H and O–H groups in total. The first-order chi connectivity index (χ1) is 8.08. The highest BCUT2D eigenvalue weighted by atomic mass is 32.1. The summed E-state index contributed by atoms with van der Waals surface area (Å²) in [5, 5.41) is 2.77. The van der Waals surface area contributed by atoms with Crippen molar-refractivity contribution in [2.75, 3.05) is 6.54 Å². The molecule has 1 aliphatic carbocycles. The summed E-state index contributed by atoms with van der Waals surface area (Å²) in [4.78, 5) is 23.5. The van der Waals surface area contributed by atoms with E-state index in [4.69, 9.17) is 11.5 Å². The van der Waals surface area contributed by atoms with Gasteiger partial charge < -0.3 is 16.8 Å². The molecule has 0 bridgehead atoms. The summed E-state index contributed by atoms with van der Waals surface area (Å²) in [5.41, 5.74) is 11.0. The Balaban J connectivity index is 1.87. The molecule has 0 spiro atoms. The lowest BCUT2D eigenvalue weighted by atomic mass is 10.2. The lowest BCUT2D eigenvalue weighted by Gasteiger charge is -2.10. The molecule has 0 aromatic carbocycles. The van der Waals surface area contributed by atoms with E-state index in [2.05, 4.69) is 5.32 Å². The maximum absolute atomic E-state index is 11.7. The number of hydrogen-bond donors (Lipinski definition) is 3.